The molecule has 0 aromatic rings. The van der Waals surface area contributed by atoms with E-state index in [1.54, 1.807) is 5.32 Å². The highest BCUT2D eigenvalue weighted by atomic mass is 19.4. The molecule has 0 aromatic heterocycles. The number of hydrogen-bond acceptors (Lipinski definition) is 2. The van der Waals surface area contributed by atoms with Gasteiger partial charge in [0, 0.05) is 0 Å². The van der Waals surface area contributed by atoms with Crippen LogP contribution in [0.25, 0.3) is 0 Å². The lowest BCUT2D eigenvalue weighted by atomic mass is 9.98. The highest BCUT2D eigenvalue weighted by Gasteiger charge is 2.27. The Morgan fingerprint density at radius 1 is 1.16 bits per heavy atom. The summed E-state index contributed by atoms with van der Waals surface area (Å²) in [5.41, 5.74) is 0. The standard InChI is InChI=1S/C13H24F3NO2/c1-10(2)5-4-6-11(3)7-8-19-12(18)17-9-13(14,15)16/h10-11H,4-9H2,1-3H3,(H,17,18). The summed E-state index contributed by atoms with van der Waals surface area (Å²) in [5, 5.41) is 1.67. The van der Waals surface area contributed by atoms with E-state index in [0.717, 1.165) is 19.3 Å². The smallest absolute Gasteiger partial charge is 0.407 e. The second-order valence-corrected chi connectivity index (χ2v) is 5.32. The molecule has 0 aromatic carbocycles. The molecule has 0 aliphatic heterocycles. The Morgan fingerprint density at radius 3 is 2.32 bits per heavy atom. The first kappa shape index (κ1) is 18.1. The molecule has 0 aliphatic carbocycles. The van der Waals surface area contributed by atoms with E-state index in [1.165, 1.54) is 0 Å². The largest absolute Gasteiger partial charge is 0.450 e. The van der Waals surface area contributed by atoms with Crippen LogP contribution in [-0.2, 0) is 4.74 Å². The fourth-order valence-corrected chi connectivity index (χ4v) is 1.60. The molecule has 0 aliphatic rings. The lowest BCUT2D eigenvalue weighted by Gasteiger charge is -2.13. The van der Waals surface area contributed by atoms with E-state index in [-0.39, 0.29) is 6.61 Å². The molecule has 0 rings (SSSR count). The minimum atomic E-state index is -4.40. The minimum Gasteiger partial charge on any atom is -0.450 e. The van der Waals surface area contributed by atoms with E-state index in [2.05, 4.69) is 25.5 Å². The topological polar surface area (TPSA) is 38.3 Å². The number of amides is 1. The van der Waals surface area contributed by atoms with Crippen molar-refractivity contribution in [2.45, 2.75) is 52.6 Å². The van der Waals surface area contributed by atoms with Crippen LogP contribution in [0.1, 0.15) is 46.5 Å². The van der Waals surface area contributed by atoms with Gasteiger partial charge in [-0.05, 0) is 18.3 Å². The van der Waals surface area contributed by atoms with Gasteiger partial charge in [-0.15, -0.1) is 0 Å². The van der Waals surface area contributed by atoms with Crippen LogP contribution in [0.15, 0.2) is 0 Å². The molecule has 0 heterocycles. The van der Waals surface area contributed by atoms with Crippen molar-refractivity contribution in [1.82, 2.24) is 5.32 Å². The predicted octanol–water partition coefficient (Wildman–Crippen LogP) is 4.13. The maximum atomic E-state index is 11.8. The maximum absolute atomic E-state index is 11.8. The van der Waals surface area contributed by atoms with Gasteiger partial charge in [0.1, 0.15) is 6.54 Å². The molecule has 0 spiro atoms. The van der Waals surface area contributed by atoms with Crippen molar-refractivity contribution in [1.29, 1.82) is 0 Å². The van der Waals surface area contributed by atoms with E-state index in [0.29, 0.717) is 18.3 Å². The number of halogens is 3. The van der Waals surface area contributed by atoms with Crippen molar-refractivity contribution in [3.63, 3.8) is 0 Å². The molecule has 0 saturated heterocycles. The first-order valence-electron chi connectivity index (χ1n) is 6.68. The summed E-state index contributed by atoms with van der Waals surface area (Å²) in [7, 11) is 0. The van der Waals surface area contributed by atoms with Gasteiger partial charge in [0.25, 0.3) is 0 Å². The quantitative estimate of drug-likeness (QED) is 0.727. The molecule has 19 heavy (non-hydrogen) atoms. The Labute approximate surface area is 112 Å². The first-order chi connectivity index (χ1) is 8.70. The molecular formula is C13H24F3NO2. The SMILES string of the molecule is CC(C)CCCC(C)CCOC(=O)NCC(F)(F)F. The van der Waals surface area contributed by atoms with Crippen LogP contribution in [0.5, 0.6) is 0 Å². The average Bonchev–Trinajstić information content (AvgIpc) is 2.25. The van der Waals surface area contributed by atoms with Gasteiger partial charge in [-0.1, -0.05) is 40.0 Å². The van der Waals surface area contributed by atoms with Crippen molar-refractivity contribution in [2.24, 2.45) is 11.8 Å². The summed E-state index contributed by atoms with van der Waals surface area (Å²) in [6.07, 6.45) is -1.39. The second-order valence-electron chi connectivity index (χ2n) is 5.32. The van der Waals surface area contributed by atoms with Crippen LogP contribution < -0.4 is 5.32 Å². The summed E-state index contributed by atoms with van der Waals surface area (Å²) >= 11 is 0. The molecule has 0 radical (unpaired) electrons. The summed E-state index contributed by atoms with van der Waals surface area (Å²) in [6, 6.07) is 0. The van der Waals surface area contributed by atoms with Gasteiger partial charge in [-0.25, -0.2) is 4.79 Å². The molecule has 0 saturated carbocycles. The lowest BCUT2D eigenvalue weighted by molar-refractivity contribution is -0.123. The third-order valence-electron chi connectivity index (χ3n) is 2.76. The summed E-state index contributed by atoms with van der Waals surface area (Å²) in [6.45, 7) is 5.19. The summed E-state index contributed by atoms with van der Waals surface area (Å²) in [4.78, 5) is 10.9. The van der Waals surface area contributed by atoms with Crippen molar-refractivity contribution in [3.05, 3.63) is 0 Å². The Kier molecular flexibility index (Phi) is 8.59. The van der Waals surface area contributed by atoms with Gasteiger partial charge in [0.15, 0.2) is 0 Å². The monoisotopic (exact) mass is 283 g/mol. The van der Waals surface area contributed by atoms with Gasteiger partial charge in [0.05, 0.1) is 6.61 Å². The van der Waals surface area contributed by atoms with Crippen LogP contribution in [0.4, 0.5) is 18.0 Å². The highest BCUT2D eigenvalue weighted by molar-refractivity contribution is 5.67. The van der Waals surface area contributed by atoms with Crippen LogP contribution in [0, 0.1) is 11.8 Å². The maximum Gasteiger partial charge on any atom is 0.407 e. The molecule has 3 nitrogen and oxygen atoms in total. The Morgan fingerprint density at radius 2 is 1.79 bits per heavy atom. The second kappa shape index (κ2) is 9.04. The third kappa shape index (κ3) is 13.3. The molecule has 1 unspecified atom stereocenters. The summed E-state index contributed by atoms with van der Waals surface area (Å²) in [5.74, 6) is 1.09. The molecule has 0 fully saturated rings. The Bertz CT molecular complexity index is 255. The zero-order chi connectivity index (χ0) is 14.9. The molecule has 6 heteroatoms. The van der Waals surface area contributed by atoms with Gasteiger partial charge >= 0.3 is 12.3 Å². The van der Waals surface area contributed by atoms with Gasteiger partial charge < -0.3 is 10.1 Å². The van der Waals surface area contributed by atoms with Crippen LogP contribution >= 0.6 is 0 Å². The van der Waals surface area contributed by atoms with Gasteiger partial charge in [-0.3, -0.25) is 0 Å². The lowest BCUT2D eigenvalue weighted by Crippen LogP contribution is -2.34. The number of alkyl carbamates (subject to hydrolysis) is 1. The predicted molar refractivity (Wildman–Crippen MR) is 67.9 cm³/mol. The van der Waals surface area contributed by atoms with Crippen molar-refractivity contribution >= 4 is 6.09 Å². The molecule has 1 atom stereocenters. The fourth-order valence-electron chi connectivity index (χ4n) is 1.60. The van der Waals surface area contributed by atoms with Crippen molar-refractivity contribution in [3.8, 4) is 0 Å². The molecule has 0 bridgehead atoms. The molecule has 1 amide bonds. The van der Waals surface area contributed by atoms with Crippen LogP contribution in [0.3, 0.4) is 0 Å². The third-order valence-corrected chi connectivity index (χ3v) is 2.76. The van der Waals surface area contributed by atoms with Crippen molar-refractivity contribution in [2.75, 3.05) is 13.2 Å². The molecule has 114 valence electrons. The number of ether oxygens (including phenoxy) is 1. The first-order valence-corrected chi connectivity index (χ1v) is 6.68. The molecule has 1 N–H and O–H groups in total. The Hall–Kier alpha value is -0.940. The van der Waals surface area contributed by atoms with E-state index >= 15 is 0 Å². The van der Waals surface area contributed by atoms with Crippen molar-refractivity contribution < 1.29 is 22.7 Å². The fraction of sp³-hybridized carbons (Fsp3) is 0.923. The number of alkyl halides is 3. The van der Waals surface area contributed by atoms with Gasteiger partial charge in [0.2, 0.25) is 0 Å². The normalized spacial score (nSPS) is 13.4. The zero-order valence-electron chi connectivity index (χ0n) is 11.8. The minimum absolute atomic E-state index is 0.159. The van der Waals surface area contributed by atoms with E-state index in [4.69, 9.17) is 0 Å². The van der Waals surface area contributed by atoms with Gasteiger partial charge in [-0.2, -0.15) is 13.2 Å². The number of rotatable bonds is 8. The Balaban J connectivity index is 3.53. The van der Waals surface area contributed by atoms with Crippen LogP contribution in [-0.4, -0.2) is 25.4 Å². The van der Waals surface area contributed by atoms with E-state index in [1.807, 2.05) is 0 Å². The zero-order valence-corrected chi connectivity index (χ0v) is 11.8. The van der Waals surface area contributed by atoms with E-state index < -0.39 is 18.8 Å². The number of carbonyl (C=O) groups excluding carboxylic acids is 1. The van der Waals surface area contributed by atoms with Crippen LogP contribution in [0.2, 0.25) is 0 Å². The molecular weight excluding hydrogens is 259 g/mol. The number of carbonyl (C=O) groups is 1. The summed E-state index contributed by atoms with van der Waals surface area (Å²) < 4.78 is 40.1. The number of nitrogens with one attached hydrogen (secondary N) is 1. The van der Waals surface area contributed by atoms with E-state index in [9.17, 15) is 18.0 Å². The average molecular weight is 283 g/mol. The number of hydrogen-bond donors (Lipinski definition) is 1. The highest BCUT2D eigenvalue weighted by Crippen LogP contribution is 2.15.